The van der Waals surface area contributed by atoms with Crippen LogP contribution in [0.1, 0.15) is 22.8 Å². The molecule has 1 aromatic carbocycles. The van der Waals surface area contributed by atoms with Crippen LogP contribution in [-0.4, -0.2) is 53.2 Å². The van der Waals surface area contributed by atoms with Crippen LogP contribution in [0.4, 0.5) is 0 Å². The molecule has 1 atom stereocenters. The summed E-state index contributed by atoms with van der Waals surface area (Å²) in [6.45, 7) is 3.19. The summed E-state index contributed by atoms with van der Waals surface area (Å²) in [5, 5.41) is 2.68. The van der Waals surface area contributed by atoms with Crippen molar-refractivity contribution in [3.05, 3.63) is 35.4 Å². The van der Waals surface area contributed by atoms with Crippen molar-refractivity contribution in [2.24, 2.45) is 0 Å². The van der Waals surface area contributed by atoms with Gasteiger partial charge in [-0.3, -0.25) is 14.4 Å². The van der Waals surface area contributed by atoms with Gasteiger partial charge in [-0.2, -0.15) is 0 Å². The Morgan fingerprint density at radius 2 is 2.00 bits per heavy atom. The molecule has 6 nitrogen and oxygen atoms in total. The molecule has 21 heavy (non-hydrogen) atoms. The molecule has 1 fully saturated rings. The number of hydrogen-bond donors (Lipinski definition) is 1. The Bertz CT molecular complexity index is 614. The number of hydrogen-bond acceptors (Lipinski definition) is 3. The van der Waals surface area contributed by atoms with Gasteiger partial charge in [0.1, 0.15) is 6.04 Å². The average molecular weight is 287 g/mol. The lowest BCUT2D eigenvalue weighted by Crippen LogP contribution is -2.55. The number of piperazine rings is 1. The van der Waals surface area contributed by atoms with Crippen molar-refractivity contribution in [1.29, 1.82) is 0 Å². The van der Waals surface area contributed by atoms with E-state index in [0.29, 0.717) is 25.2 Å². The maximum Gasteiger partial charge on any atom is 0.255 e. The summed E-state index contributed by atoms with van der Waals surface area (Å²) in [4.78, 5) is 39.3. The molecule has 0 bridgehead atoms. The number of carbonyl (C=O) groups is 3. The summed E-state index contributed by atoms with van der Waals surface area (Å²) in [5.74, 6) is -0.447. The number of nitrogens with zero attached hydrogens (tertiary/aromatic N) is 2. The first-order chi connectivity index (χ1) is 10.1. The van der Waals surface area contributed by atoms with Crippen LogP contribution in [-0.2, 0) is 16.1 Å². The molecular formula is C15H17N3O3. The zero-order valence-electron chi connectivity index (χ0n) is 11.8. The normalized spacial score (nSPS) is 19.3. The largest absolute Gasteiger partial charge is 0.353 e. The Hall–Kier alpha value is -2.37. The van der Waals surface area contributed by atoms with Crippen molar-refractivity contribution < 1.29 is 14.4 Å². The molecule has 0 saturated carbocycles. The lowest BCUT2D eigenvalue weighted by atomic mass is 10.1. The molecular weight excluding hydrogens is 270 g/mol. The maximum atomic E-state index is 12.5. The fraction of sp³-hybridized carbons (Fsp3) is 0.400. The molecule has 2 heterocycles. The topological polar surface area (TPSA) is 69.7 Å². The summed E-state index contributed by atoms with van der Waals surface area (Å²) < 4.78 is 0. The molecule has 2 aliphatic heterocycles. The van der Waals surface area contributed by atoms with Gasteiger partial charge in [0.2, 0.25) is 11.8 Å². The first-order valence-corrected chi connectivity index (χ1v) is 7.02. The third-order valence-electron chi connectivity index (χ3n) is 4.02. The lowest BCUT2D eigenvalue weighted by molar-refractivity contribution is -0.141. The molecule has 3 amide bonds. The maximum absolute atomic E-state index is 12.5. The number of benzene rings is 1. The molecule has 0 radical (unpaired) electrons. The lowest BCUT2D eigenvalue weighted by Gasteiger charge is -2.32. The Balaban J connectivity index is 1.74. The van der Waals surface area contributed by atoms with E-state index in [1.54, 1.807) is 17.9 Å². The van der Waals surface area contributed by atoms with Gasteiger partial charge in [0.05, 0.1) is 6.54 Å². The molecule has 2 aliphatic rings. The summed E-state index contributed by atoms with van der Waals surface area (Å²) in [6.07, 6.45) is 0. The fourth-order valence-corrected chi connectivity index (χ4v) is 2.81. The highest BCUT2D eigenvalue weighted by Gasteiger charge is 2.36. The Kier molecular flexibility index (Phi) is 3.37. The third-order valence-corrected chi connectivity index (χ3v) is 4.02. The zero-order valence-corrected chi connectivity index (χ0v) is 11.8. The first-order valence-electron chi connectivity index (χ1n) is 7.02. The minimum atomic E-state index is -0.559. The Labute approximate surface area is 122 Å². The van der Waals surface area contributed by atoms with Crippen LogP contribution >= 0.6 is 0 Å². The molecule has 1 aromatic rings. The molecule has 1 N–H and O–H groups in total. The van der Waals surface area contributed by atoms with Crippen LogP contribution in [0.2, 0.25) is 0 Å². The van der Waals surface area contributed by atoms with Crippen molar-refractivity contribution in [3.8, 4) is 0 Å². The van der Waals surface area contributed by atoms with Gasteiger partial charge in [-0.1, -0.05) is 18.2 Å². The molecule has 0 aromatic heterocycles. The van der Waals surface area contributed by atoms with Gasteiger partial charge in [-0.15, -0.1) is 0 Å². The van der Waals surface area contributed by atoms with Crippen molar-refractivity contribution in [2.45, 2.75) is 19.5 Å². The van der Waals surface area contributed by atoms with Crippen molar-refractivity contribution >= 4 is 17.7 Å². The predicted molar refractivity (Wildman–Crippen MR) is 75.4 cm³/mol. The smallest absolute Gasteiger partial charge is 0.255 e. The van der Waals surface area contributed by atoms with E-state index in [4.69, 9.17) is 0 Å². The quantitative estimate of drug-likeness (QED) is 0.831. The summed E-state index contributed by atoms with van der Waals surface area (Å²) in [6, 6.07) is 6.83. The van der Waals surface area contributed by atoms with Crippen LogP contribution in [0, 0.1) is 0 Å². The van der Waals surface area contributed by atoms with E-state index in [-0.39, 0.29) is 24.3 Å². The highest BCUT2D eigenvalue weighted by atomic mass is 16.2. The minimum Gasteiger partial charge on any atom is -0.353 e. The summed E-state index contributed by atoms with van der Waals surface area (Å²) in [7, 11) is 0. The van der Waals surface area contributed by atoms with Gasteiger partial charge < -0.3 is 15.1 Å². The van der Waals surface area contributed by atoms with Crippen LogP contribution in [0.15, 0.2) is 24.3 Å². The van der Waals surface area contributed by atoms with Gasteiger partial charge in [-0.25, -0.2) is 0 Å². The number of fused-ring (bicyclic) bond motifs is 1. The second-order valence-electron chi connectivity index (χ2n) is 5.38. The van der Waals surface area contributed by atoms with E-state index in [1.165, 1.54) is 4.90 Å². The Morgan fingerprint density at radius 1 is 1.24 bits per heavy atom. The van der Waals surface area contributed by atoms with Gasteiger partial charge in [0.15, 0.2) is 0 Å². The van der Waals surface area contributed by atoms with E-state index in [0.717, 1.165) is 5.56 Å². The zero-order chi connectivity index (χ0) is 15.0. The highest BCUT2D eigenvalue weighted by molar-refractivity contribution is 6.01. The molecule has 3 rings (SSSR count). The molecule has 0 unspecified atom stereocenters. The number of amides is 3. The van der Waals surface area contributed by atoms with E-state index in [1.807, 2.05) is 18.2 Å². The monoisotopic (exact) mass is 287 g/mol. The fourth-order valence-electron chi connectivity index (χ4n) is 2.81. The first kappa shape index (κ1) is 13.6. The minimum absolute atomic E-state index is 0.0676. The molecule has 0 spiro atoms. The predicted octanol–water partition coefficient (Wildman–Crippen LogP) is -0.0107. The van der Waals surface area contributed by atoms with E-state index in [9.17, 15) is 14.4 Å². The second kappa shape index (κ2) is 5.20. The second-order valence-corrected chi connectivity index (χ2v) is 5.38. The van der Waals surface area contributed by atoms with E-state index in [2.05, 4.69) is 5.32 Å². The van der Waals surface area contributed by atoms with Gasteiger partial charge in [0, 0.05) is 25.2 Å². The van der Waals surface area contributed by atoms with E-state index >= 15 is 0 Å². The molecule has 6 heteroatoms. The van der Waals surface area contributed by atoms with Crippen LogP contribution in [0.5, 0.6) is 0 Å². The summed E-state index contributed by atoms with van der Waals surface area (Å²) in [5.41, 5.74) is 1.60. The molecule has 110 valence electrons. The highest BCUT2D eigenvalue weighted by Crippen LogP contribution is 2.24. The van der Waals surface area contributed by atoms with Crippen molar-refractivity contribution in [2.75, 3.05) is 19.6 Å². The standard InChI is InChI=1S/C15H17N3O3/c1-10(14(20)17-7-6-16-13(19)9-17)18-8-11-4-2-3-5-12(11)15(18)21/h2-5,10H,6-9H2,1H3,(H,16,19)/t10-/m0/s1. The number of rotatable bonds is 2. The Morgan fingerprint density at radius 3 is 2.71 bits per heavy atom. The van der Waals surface area contributed by atoms with Gasteiger partial charge in [0.25, 0.3) is 5.91 Å². The van der Waals surface area contributed by atoms with Crippen molar-refractivity contribution in [1.82, 2.24) is 15.1 Å². The molecule has 0 aliphatic carbocycles. The van der Waals surface area contributed by atoms with Gasteiger partial charge in [-0.05, 0) is 18.6 Å². The van der Waals surface area contributed by atoms with Crippen LogP contribution in [0.3, 0.4) is 0 Å². The SMILES string of the molecule is C[C@@H](C(=O)N1CCNC(=O)C1)N1Cc2ccccc2C1=O. The average Bonchev–Trinajstić information content (AvgIpc) is 2.83. The van der Waals surface area contributed by atoms with Crippen molar-refractivity contribution in [3.63, 3.8) is 0 Å². The number of carbonyl (C=O) groups excluding carboxylic acids is 3. The van der Waals surface area contributed by atoms with Gasteiger partial charge >= 0.3 is 0 Å². The van der Waals surface area contributed by atoms with Crippen LogP contribution in [0.25, 0.3) is 0 Å². The third kappa shape index (κ3) is 2.37. The summed E-state index contributed by atoms with van der Waals surface area (Å²) >= 11 is 0. The van der Waals surface area contributed by atoms with Crippen LogP contribution < -0.4 is 5.32 Å². The van der Waals surface area contributed by atoms with E-state index < -0.39 is 6.04 Å². The molecule has 1 saturated heterocycles. The number of nitrogens with one attached hydrogen (secondary N) is 1.